The normalized spacial score (nSPS) is 15.2. The first kappa shape index (κ1) is 144. The highest BCUT2D eigenvalue weighted by Crippen LogP contribution is 2.23. The van der Waals surface area contributed by atoms with Crippen LogP contribution in [0.5, 0.6) is 0 Å². The number of hydrogen-bond donors (Lipinski definition) is 4. The molecule has 0 aliphatic carbocycles. The van der Waals surface area contributed by atoms with E-state index in [0.717, 1.165) is 67.1 Å². The molecule has 0 saturated carbocycles. The Morgan fingerprint density at radius 3 is 0.939 bits per heavy atom. The van der Waals surface area contributed by atoms with Crippen LogP contribution in [0.15, 0.2) is 164 Å². The van der Waals surface area contributed by atoms with Crippen molar-refractivity contribution in [3.63, 3.8) is 0 Å². The summed E-state index contributed by atoms with van der Waals surface area (Å²) in [5.41, 5.74) is 7.05. The predicted molar refractivity (Wildman–Crippen MR) is 591 cm³/mol. The maximum atomic E-state index is 12.3. The molecule has 842 valence electrons. The smallest absolute Gasteiger partial charge is 0.413 e. The van der Waals surface area contributed by atoms with Crippen molar-refractivity contribution in [2.24, 2.45) is 5.73 Å². The molecule has 5 aromatic rings. The van der Waals surface area contributed by atoms with Gasteiger partial charge in [0.25, 0.3) is 0 Å². The van der Waals surface area contributed by atoms with Gasteiger partial charge in [-0.05, 0) is 198 Å². The number of Topliss-reactive ketones (excluding diaryl/α,β-unsaturated/α-hetero) is 1. The molecular formula is C113H193N12O23+. The number of allylic oxidation sites excluding steroid dienone is 1. The number of benzene rings is 5. The molecule has 4 aliphatic heterocycles. The molecule has 4 aliphatic rings. The maximum Gasteiger partial charge on any atom is 0.413 e. The van der Waals surface area contributed by atoms with Crippen molar-refractivity contribution in [1.29, 1.82) is 0 Å². The molecule has 10 amide bonds. The second-order valence-electron chi connectivity index (χ2n) is 38.1. The molecule has 0 bridgehead atoms. The Kier molecular flexibility index (Phi) is 77.6. The number of amides is 10. The number of nitrogens with zero attached hydrogens (tertiary/aromatic N) is 8. The molecule has 9 rings (SSSR count). The fraction of sp³-hybridized carbons (Fsp3) is 0.602. The first-order chi connectivity index (χ1) is 67.3. The maximum absolute atomic E-state index is 12.3. The van der Waals surface area contributed by atoms with Crippen molar-refractivity contribution in [2.75, 3.05) is 124 Å². The Bertz CT molecular complexity index is 4190. The molecule has 148 heavy (non-hydrogen) atoms. The lowest BCUT2D eigenvalue weighted by Gasteiger charge is -2.30. The van der Waals surface area contributed by atoms with E-state index in [-0.39, 0.29) is 163 Å². The number of ether oxygens (including phenoxy) is 11. The fourth-order valence-corrected chi connectivity index (χ4v) is 12.6. The lowest BCUT2D eigenvalue weighted by atomic mass is 10.2. The molecule has 35 nitrogen and oxygen atoms in total. The Balaban J connectivity index is -0.000000403. The van der Waals surface area contributed by atoms with E-state index in [1.807, 2.05) is 249 Å². The van der Waals surface area contributed by atoms with E-state index in [4.69, 9.17) is 59.2 Å². The predicted octanol–water partition coefficient (Wildman–Crippen LogP) is 23.0. The highest BCUT2D eigenvalue weighted by atomic mass is 16.6. The summed E-state index contributed by atoms with van der Waals surface area (Å²) in [7, 11) is 0. The van der Waals surface area contributed by atoms with Gasteiger partial charge in [-0.2, -0.15) is 0 Å². The molecule has 0 spiro atoms. The average molecular weight is 2090 g/mol. The first-order valence-electron chi connectivity index (χ1n) is 49.5. The van der Waals surface area contributed by atoms with E-state index in [9.17, 15) is 57.5 Å². The number of rotatable bonds is 22. The van der Waals surface area contributed by atoms with Crippen molar-refractivity contribution >= 4 is 72.5 Å². The Morgan fingerprint density at radius 2 is 0.682 bits per heavy atom. The van der Waals surface area contributed by atoms with Crippen LogP contribution in [-0.4, -0.2) is 288 Å². The van der Waals surface area contributed by atoms with E-state index in [0.29, 0.717) is 111 Å². The van der Waals surface area contributed by atoms with Gasteiger partial charge in [0.05, 0.1) is 0 Å². The second-order valence-corrected chi connectivity index (χ2v) is 38.1. The van der Waals surface area contributed by atoms with Crippen LogP contribution < -0.4 is 21.7 Å². The highest BCUT2D eigenvalue weighted by Gasteiger charge is 2.36. The summed E-state index contributed by atoms with van der Waals surface area (Å²) in [6.45, 7) is 60.6. The number of ketones is 2. The van der Waals surface area contributed by atoms with Crippen LogP contribution in [0.1, 0.15) is 272 Å². The summed E-state index contributed by atoms with van der Waals surface area (Å²) in [6.07, 6.45) is 0.721. The quantitative estimate of drug-likeness (QED) is 0.0284. The van der Waals surface area contributed by atoms with Gasteiger partial charge < -0.3 is 113 Å². The van der Waals surface area contributed by atoms with E-state index >= 15 is 0 Å². The molecular weight excluding hydrogens is 1890 g/mol. The van der Waals surface area contributed by atoms with Crippen LogP contribution in [0.4, 0.5) is 47.9 Å². The molecule has 4 saturated heterocycles. The highest BCUT2D eigenvalue weighted by molar-refractivity contribution is 5.86. The minimum atomic E-state index is -0.780. The standard InChI is InChI=1S/C19H28N2O5.2C19H28N2O4.C19H27N2O4.C14H20N2O2.C7H16N2O2.C4H10O.C4H6O.C2H6.6CH4/c1-15(22)10-12-21(13-11-20-17(23)26-19(2,3)4)18(24)25-14-16-8-6-5-7-9-16;3*1-15-10-11-20(12-13-21(15)18(23)25-19(2,3)4)17(22)24-14-16-8-6-5-7-9-16;1-12-7-9-16(10-8-15-12)14(17)18-11-13-5-3-2-4-6-13;1-7(2,3)11-6(10)9-5-4-8;1-3-5-4-2;1-3-4(2)5;1-2;;;;;;/h5-9H,10-14H2,1-4H3,(H,20,23);2*5-9,15H,10-14H2,1-4H3;5-9,15H,2,10-14H2,1,3-4H3;2-6,12,15H,7-11H2,1H3;4-5,8H2,1-3H3,(H,9,10);3-4H2,1-2H3;3H,1H2,2H3;1-2H3;6*1H4/q;;;+1;;;;;;;;;;;/t;15-;;15-;;;;;;;;;;;/m.0.1.........../s1/i;;;;;;;;1D;;;;;;. The lowest BCUT2D eigenvalue weighted by Crippen LogP contribution is -2.43. The average Bonchev–Trinajstić information content (AvgIpc) is 1.63. The molecule has 4 heterocycles. The van der Waals surface area contributed by atoms with E-state index in [1.165, 1.54) is 24.8 Å². The van der Waals surface area contributed by atoms with Crippen LogP contribution in [-0.2, 0) is 94.7 Å². The van der Waals surface area contributed by atoms with Gasteiger partial charge in [-0.3, -0.25) is 9.59 Å². The molecule has 4 fully saturated rings. The molecule has 5 aromatic carbocycles. The van der Waals surface area contributed by atoms with Gasteiger partial charge in [0.15, 0.2) is 5.78 Å². The summed E-state index contributed by atoms with van der Waals surface area (Å²) in [5.74, 6) is -0.00374. The SMILES string of the molecule is C.C.C.C.C.C.C=CC(C)=O.CC(=O)CCN(CCNC(=O)OC(C)(C)C)C(=O)OCc1ccccc1.CC(C)(C)OC(=O)NCCN.CC1CCN(C(=O)OCc2ccccc2)CCN1.CC1CCN(C(=O)OCc2ccccc2)CCN1C(=O)OC(C)(C)C.CCOCC.C[C@H]1CCN(C(=O)OCc2ccccc2)CCN1C(=O)OC(C)(C)C.[2H]CC.[CH2+]C(C)(C)OC(=O)N1CCN(C(=O)OCc2ccccc2)CC[C@H]1C. The fourth-order valence-electron chi connectivity index (χ4n) is 12.6. The summed E-state index contributed by atoms with van der Waals surface area (Å²) < 4.78 is 64.1. The number of nitrogens with one attached hydrogen (secondary N) is 3. The van der Waals surface area contributed by atoms with Crippen LogP contribution in [0.25, 0.3) is 0 Å². The molecule has 0 radical (unpaired) electrons. The summed E-state index contributed by atoms with van der Waals surface area (Å²) in [4.78, 5) is 155. The number of hydrogen-bond acceptors (Lipinski definition) is 25. The van der Waals surface area contributed by atoms with Crippen molar-refractivity contribution in [3.8, 4) is 0 Å². The number of carbonyl (C=O) groups is 12. The van der Waals surface area contributed by atoms with Gasteiger partial charge in [-0.15, -0.1) is 0 Å². The monoisotopic (exact) mass is 2090 g/mol. The zero-order chi connectivity index (χ0) is 108. The van der Waals surface area contributed by atoms with Gasteiger partial charge in [0.1, 0.15) is 68.1 Å². The van der Waals surface area contributed by atoms with Crippen molar-refractivity contribution in [2.45, 2.75) is 328 Å². The summed E-state index contributed by atoms with van der Waals surface area (Å²) in [6, 6.07) is 48.3. The third-order valence-electron chi connectivity index (χ3n) is 20.0. The first-order valence-corrected chi connectivity index (χ1v) is 48.8. The van der Waals surface area contributed by atoms with Crippen molar-refractivity contribution in [3.05, 3.63) is 199 Å². The van der Waals surface area contributed by atoms with Gasteiger partial charge in [-0.25, -0.2) is 47.9 Å². The van der Waals surface area contributed by atoms with Gasteiger partial charge in [0, 0.05) is 170 Å². The number of carbonyl (C=O) groups excluding carboxylic acids is 12. The third-order valence-corrected chi connectivity index (χ3v) is 20.0. The Hall–Kier alpha value is -12.4. The zero-order valence-corrected chi connectivity index (χ0v) is 89.0. The zero-order valence-electron chi connectivity index (χ0n) is 90.0. The summed E-state index contributed by atoms with van der Waals surface area (Å²) in [5, 5.41) is 8.45. The largest absolute Gasteiger partial charge is 0.445 e. The molecule has 5 N–H and O–H groups in total. The van der Waals surface area contributed by atoms with Gasteiger partial charge >= 0.3 is 60.9 Å². The third kappa shape index (κ3) is 71.3. The molecule has 35 heteroatoms. The minimum absolute atomic E-state index is 0. The molecule has 2 unspecified atom stereocenters. The molecule has 4 atom stereocenters. The minimum Gasteiger partial charge on any atom is -0.445 e. The van der Waals surface area contributed by atoms with Crippen LogP contribution in [0.3, 0.4) is 0 Å². The summed E-state index contributed by atoms with van der Waals surface area (Å²) >= 11 is 0. The van der Waals surface area contributed by atoms with E-state index < -0.39 is 52.4 Å². The lowest BCUT2D eigenvalue weighted by molar-refractivity contribution is -0.117. The van der Waals surface area contributed by atoms with Crippen LogP contribution >= 0.6 is 0 Å². The van der Waals surface area contributed by atoms with E-state index in [1.54, 1.807) is 75.8 Å². The van der Waals surface area contributed by atoms with Crippen molar-refractivity contribution < 1.29 is 111 Å². The van der Waals surface area contributed by atoms with Crippen LogP contribution in [0.2, 0.25) is 0 Å². The van der Waals surface area contributed by atoms with Gasteiger partial charge in [-0.1, -0.05) is 217 Å². The van der Waals surface area contributed by atoms with Crippen molar-refractivity contribution in [1.82, 2.24) is 55.1 Å². The number of nitrogens with two attached hydrogens (primary N) is 1. The number of alkyl carbamates (subject to hydrolysis) is 2. The van der Waals surface area contributed by atoms with Crippen LogP contribution in [0, 0.1) is 6.92 Å². The molecule has 0 aromatic heterocycles. The topological polar surface area (TPSA) is 394 Å². The second kappa shape index (κ2) is 79.7. The van der Waals surface area contributed by atoms with Gasteiger partial charge in [0.2, 0.25) is 5.60 Å². The Morgan fingerprint density at radius 1 is 0.412 bits per heavy atom. The van der Waals surface area contributed by atoms with E-state index in [2.05, 4.69) is 36.4 Å². The Labute approximate surface area is 891 Å².